The van der Waals surface area contributed by atoms with Gasteiger partial charge in [0.1, 0.15) is 22.9 Å². The Morgan fingerprint density at radius 3 is 2.43 bits per heavy atom. The number of methoxy groups -OCH3 is 1. The normalized spacial score (nSPS) is 10.7. The van der Waals surface area contributed by atoms with Crippen LogP contribution in [0, 0.1) is 13.8 Å². The molecule has 0 unspecified atom stereocenters. The van der Waals surface area contributed by atoms with Gasteiger partial charge >= 0.3 is 6.09 Å². The van der Waals surface area contributed by atoms with Gasteiger partial charge in [0.2, 0.25) is 0 Å². The minimum atomic E-state index is -0.552. The molecule has 188 valence electrons. The second kappa shape index (κ2) is 12.6. The summed E-state index contributed by atoms with van der Waals surface area (Å²) in [6.45, 7) is 9.24. The van der Waals surface area contributed by atoms with E-state index in [1.54, 1.807) is 27.2 Å². The smallest absolute Gasteiger partial charge is 0.412 e. The number of carbonyl (C=O) groups excluding carboxylic acids is 2. The highest BCUT2D eigenvalue weighted by molar-refractivity contribution is 5.85. The highest BCUT2D eigenvalue weighted by Crippen LogP contribution is 2.20. The number of aldehydes is 1. The SMILES string of the molecule is COC.Cc1nc(C=O)cc(Nc2cc(CCc3cc(NC(=O)OC(C)(C)C)ccc3C)[nH]n2)n1. The Morgan fingerprint density at radius 1 is 1.06 bits per heavy atom. The lowest BCUT2D eigenvalue weighted by Gasteiger charge is -2.20. The molecule has 3 aromatic rings. The predicted octanol–water partition coefficient (Wildman–Crippen LogP) is 4.77. The largest absolute Gasteiger partial charge is 0.444 e. The van der Waals surface area contributed by atoms with Crippen LogP contribution in [0.5, 0.6) is 0 Å². The molecule has 0 atom stereocenters. The average molecular weight is 483 g/mol. The highest BCUT2D eigenvalue weighted by atomic mass is 16.6. The highest BCUT2D eigenvalue weighted by Gasteiger charge is 2.16. The van der Waals surface area contributed by atoms with Crippen molar-refractivity contribution in [2.24, 2.45) is 0 Å². The number of hydrogen-bond donors (Lipinski definition) is 3. The van der Waals surface area contributed by atoms with E-state index in [2.05, 4.69) is 35.5 Å². The van der Waals surface area contributed by atoms with E-state index in [1.807, 2.05) is 52.0 Å². The first-order valence-corrected chi connectivity index (χ1v) is 11.1. The van der Waals surface area contributed by atoms with Crippen molar-refractivity contribution in [3.63, 3.8) is 0 Å². The van der Waals surface area contributed by atoms with Crippen molar-refractivity contribution in [3.05, 3.63) is 58.7 Å². The topological polar surface area (TPSA) is 131 Å². The first-order valence-electron chi connectivity index (χ1n) is 11.1. The molecule has 1 aromatic carbocycles. The fourth-order valence-corrected chi connectivity index (χ4v) is 3.11. The summed E-state index contributed by atoms with van der Waals surface area (Å²) >= 11 is 0. The maximum Gasteiger partial charge on any atom is 0.412 e. The Hall–Kier alpha value is -3.79. The van der Waals surface area contributed by atoms with Gasteiger partial charge in [-0.25, -0.2) is 14.8 Å². The summed E-state index contributed by atoms with van der Waals surface area (Å²) < 4.78 is 9.57. The van der Waals surface area contributed by atoms with E-state index >= 15 is 0 Å². The monoisotopic (exact) mass is 482 g/mol. The van der Waals surface area contributed by atoms with Crippen LogP contribution in [0.25, 0.3) is 0 Å². The number of amides is 1. The number of hydrogen-bond acceptors (Lipinski definition) is 8. The molecule has 10 heteroatoms. The van der Waals surface area contributed by atoms with Gasteiger partial charge in [0, 0.05) is 37.7 Å². The Labute approximate surface area is 205 Å². The Bertz CT molecular complexity index is 1140. The summed E-state index contributed by atoms with van der Waals surface area (Å²) in [7, 11) is 3.25. The van der Waals surface area contributed by atoms with Gasteiger partial charge in [0.25, 0.3) is 0 Å². The van der Waals surface area contributed by atoms with Crippen LogP contribution in [0.2, 0.25) is 0 Å². The standard InChI is InChI=1S/C23H28N6O3.C2H6O/c1-14-6-8-17(26-22(31)32-23(3,4)5)10-16(14)7-9-18-11-21(29-28-18)27-20-12-19(13-30)24-15(2)25-20;1-3-2/h6,8,10-13H,7,9H2,1-5H3,(H,26,31)(H2,24,25,27,28,29);1-2H3. The van der Waals surface area contributed by atoms with Crippen LogP contribution in [0.4, 0.5) is 22.1 Å². The number of aromatic amines is 1. The molecular formula is C25H34N6O4. The molecule has 10 nitrogen and oxygen atoms in total. The molecule has 3 N–H and O–H groups in total. The van der Waals surface area contributed by atoms with Crippen LogP contribution in [0.3, 0.4) is 0 Å². The van der Waals surface area contributed by atoms with Gasteiger partial charge < -0.3 is 14.8 Å². The average Bonchev–Trinajstić information content (AvgIpc) is 3.20. The summed E-state index contributed by atoms with van der Waals surface area (Å²) in [5.41, 5.74) is 3.64. The molecule has 0 bridgehead atoms. The molecule has 0 saturated heterocycles. The molecule has 0 aliphatic heterocycles. The number of aryl methyl sites for hydroxylation is 4. The van der Waals surface area contributed by atoms with Gasteiger partial charge in [-0.05, 0) is 70.7 Å². The molecule has 0 spiro atoms. The van der Waals surface area contributed by atoms with E-state index in [0.717, 1.165) is 29.7 Å². The number of nitrogens with one attached hydrogen (secondary N) is 3. The Balaban J connectivity index is 0.00000137. The van der Waals surface area contributed by atoms with Gasteiger partial charge in [0.15, 0.2) is 12.1 Å². The second-order valence-electron chi connectivity index (χ2n) is 8.92. The molecule has 0 saturated carbocycles. The summed E-state index contributed by atoms with van der Waals surface area (Å²) in [4.78, 5) is 31.3. The van der Waals surface area contributed by atoms with Crippen molar-refractivity contribution in [2.75, 3.05) is 24.9 Å². The Morgan fingerprint density at radius 2 is 1.77 bits per heavy atom. The minimum absolute atomic E-state index is 0.311. The summed E-state index contributed by atoms with van der Waals surface area (Å²) in [5.74, 6) is 1.62. The molecular weight excluding hydrogens is 448 g/mol. The molecule has 0 aliphatic carbocycles. The molecule has 0 radical (unpaired) electrons. The third-order valence-corrected chi connectivity index (χ3v) is 4.52. The van der Waals surface area contributed by atoms with Gasteiger partial charge in [-0.3, -0.25) is 15.2 Å². The lowest BCUT2D eigenvalue weighted by atomic mass is 10.0. The zero-order valence-corrected chi connectivity index (χ0v) is 21.4. The predicted molar refractivity (Wildman–Crippen MR) is 135 cm³/mol. The number of aromatic nitrogens is 4. The number of nitrogens with zero attached hydrogens (tertiary/aromatic N) is 3. The number of H-pyrrole nitrogens is 1. The van der Waals surface area contributed by atoms with Gasteiger partial charge in [-0.2, -0.15) is 5.10 Å². The van der Waals surface area contributed by atoms with Crippen LogP contribution in [-0.2, 0) is 22.3 Å². The zero-order valence-electron chi connectivity index (χ0n) is 21.4. The lowest BCUT2D eigenvalue weighted by molar-refractivity contribution is 0.0635. The van der Waals surface area contributed by atoms with Gasteiger partial charge in [-0.1, -0.05) is 6.07 Å². The number of carbonyl (C=O) groups is 2. The van der Waals surface area contributed by atoms with E-state index in [4.69, 9.17) is 4.74 Å². The molecule has 1 amide bonds. The molecule has 2 aromatic heterocycles. The maximum atomic E-state index is 12.0. The van der Waals surface area contributed by atoms with Crippen LogP contribution in [0.1, 0.15) is 53.9 Å². The van der Waals surface area contributed by atoms with Crippen molar-refractivity contribution in [1.29, 1.82) is 0 Å². The van der Waals surface area contributed by atoms with Crippen LogP contribution in [0.15, 0.2) is 30.3 Å². The van der Waals surface area contributed by atoms with Crippen molar-refractivity contribution in [3.8, 4) is 0 Å². The zero-order chi connectivity index (χ0) is 26.0. The maximum absolute atomic E-state index is 12.0. The van der Waals surface area contributed by atoms with E-state index in [9.17, 15) is 9.59 Å². The number of rotatable bonds is 7. The number of benzene rings is 1. The summed E-state index contributed by atoms with van der Waals surface area (Å²) in [6.07, 6.45) is 1.70. The van der Waals surface area contributed by atoms with Gasteiger partial charge in [0.05, 0.1) is 0 Å². The third-order valence-electron chi connectivity index (χ3n) is 4.52. The van der Waals surface area contributed by atoms with Crippen LogP contribution >= 0.6 is 0 Å². The van der Waals surface area contributed by atoms with Crippen molar-refractivity contribution < 1.29 is 19.1 Å². The van der Waals surface area contributed by atoms with E-state index in [1.165, 1.54) is 0 Å². The first kappa shape index (κ1) is 27.5. The Kier molecular flexibility index (Phi) is 9.89. The fourth-order valence-electron chi connectivity index (χ4n) is 3.11. The quantitative estimate of drug-likeness (QED) is 0.411. The first-order chi connectivity index (χ1) is 16.5. The van der Waals surface area contributed by atoms with Crippen molar-refractivity contribution >= 4 is 29.7 Å². The molecule has 3 rings (SSSR count). The number of anilines is 3. The molecule has 2 heterocycles. The fraction of sp³-hybridized carbons (Fsp3) is 0.400. The molecule has 35 heavy (non-hydrogen) atoms. The lowest BCUT2D eigenvalue weighted by Crippen LogP contribution is -2.27. The minimum Gasteiger partial charge on any atom is -0.444 e. The van der Waals surface area contributed by atoms with Crippen LogP contribution < -0.4 is 10.6 Å². The number of ether oxygens (including phenoxy) is 2. The summed E-state index contributed by atoms with van der Waals surface area (Å²) in [5, 5.41) is 13.1. The summed E-state index contributed by atoms with van der Waals surface area (Å²) in [6, 6.07) is 9.26. The van der Waals surface area contributed by atoms with Crippen molar-refractivity contribution in [1.82, 2.24) is 20.2 Å². The van der Waals surface area contributed by atoms with Crippen molar-refractivity contribution in [2.45, 2.75) is 53.1 Å². The molecule has 0 aliphatic rings. The van der Waals surface area contributed by atoms with E-state index < -0.39 is 11.7 Å². The van der Waals surface area contributed by atoms with E-state index in [-0.39, 0.29) is 0 Å². The van der Waals surface area contributed by atoms with Crippen LogP contribution in [-0.4, -0.2) is 52.4 Å². The second-order valence-corrected chi connectivity index (χ2v) is 8.92. The van der Waals surface area contributed by atoms with E-state index in [0.29, 0.717) is 35.1 Å². The van der Waals surface area contributed by atoms with Gasteiger partial charge in [-0.15, -0.1) is 0 Å². The molecule has 0 fully saturated rings. The third kappa shape index (κ3) is 9.54.